The first-order valence-electron chi connectivity index (χ1n) is 14.0. The van der Waals surface area contributed by atoms with Crippen LogP contribution in [0.1, 0.15) is 45.8 Å². The second-order valence-electron chi connectivity index (χ2n) is 10.3. The molecule has 220 valence electrons. The maximum atomic E-state index is 14.3. The topological polar surface area (TPSA) is 134 Å². The van der Waals surface area contributed by atoms with Crippen molar-refractivity contribution in [2.75, 3.05) is 19.5 Å². The number of pyridine rings is 1. The number of hydrogen-bond donors (Lipinski definition) is 2. The first kappa shape index (κ1) is 28.4. The van der Waals surface area contributed by atoms with Crippen LogP contribution in [-0.2, 0) is 18.2 Å². The summed E-state index contributed by atoms with van der Waals surface area (Å²) >= 11 is 0. The fourth-order valence-corrected chi connectivity index (χ4v) is 5.31. The van der Waals surface area contributed by atoms with Gasteiger partial charge in [-0.2, -0.15) is 5.10 Å². The summed E-state index contributed by atoms with van der Waals surface area (Å²) in [5.41, 5.74) is 9.92. The molecule has 3 N–H and O–H groups in total. The maximum Gasteiger partial charge on any atom is 0.264 e. The van der Waals surface area contributed by atoms with Crippen LogP contribution >= 0.6 is 0 Å². The molecular weight excluding hydrogens is 556 g/mol. The van der Waals surface area contributed by atoms with E-state index >= 15 is 0 Å². The lowest BCUT2D eigenvalue weighted by atomic mass is 10.0. The van der Waals surface area contributed by atoms with Crippen molar-refractivity contribution < 1.29 is 9.53 Å². The largest absolute Gasteiger partial charge is 0.384 e. The van der Waals surface area contributed by atoms with E-state index in [0.29, 0.717) is 46.4 Å². The fourth-order valence-electron chi connectivity index (χ4n) is 5.31. The number of carbonyl (C=O) groups is 1. The highest BCUT2D eigenvalue weighted by Gasteiger charge is 2.24. The van der Waals surface area contributed by atoms with Crippen LogP contribution < -0.4 is 16.6 Å². The first-order valence-corrected chi connectivity index (χ1v) is 14.0. The Bertz CT molecular complexity index is 2130. The van der Waals surface area contributed by atoms with Gasteiger partial charge in [-0.05, 0) is 42.6 Å². The number of fused-ring (bicyclic) bond motifs is 2. The third-order valence-corrected chi connectivity index (χ3v) is 7.47. The molecule has 11 nitrogen and oxygen atoms in total. The molecule has 0 spiro atoms. The number of para-hydroxylation sites is 1. The highest BCUT2D eigenvalue weighted by atomic mass is 16.5. The average Bonchev–Trinajstić information content (AvgIpc) is 3.56. The number of ether oxygens (including phenoxy) is 1. The monoisotopic (exact) mass is 586 g/mol. The van der Waals surface area contributed by atoms with Crippen molar-refractivity contribution in [1.29, 1.82) is 0 Å². The van der Waals surface area contributed by atoms with Crippen LogP contribution in [0.2, 0.25) is 0 Å². The SMILES string of the molecule is COCCc1c(C#Cc2cccc3cc(C(C)NC(=O)c4c(N)nn5cccnc45)n(-c4ccccc4)c(=O)c23)cnn1C. The Morgan fingerprint density at radius 2 is 1.89 bits per heavy atom. The zero-order chi connectivity index (χ0) is 30.8. The zero-order valence-electron chi connectivity index (χ0n) is 24.5. The van der Waals surface area contributed by atoms with Gasteiger partial charge in [0.05, 0.1) is 35.5 Å². The van der Waals surface area contributed by atoms with Crippen LogP contribution in [0.5, 0.6) is 0 Å². The Hall–Kier alpha value is -5.73. The molecule has 4 aromatic heterocycles. The van der Waals surface area contributed by atoms with Gasteiger partial charge in [0.25, 0.3) is 11.5 Å². The minimum Gasteiger partial charge on any atom is -0.384 e. The second-order valence-corrected chi connectivity index (χ2v) is 10.3. The summed E-state index contributed by atoms with van der Waals surface area (Å²) in [5.74, 6) is 6.05. The number of rotatable bonds is 7. The number of nitrogens with two attached hydrogens (primary N) is 1. The van der Waals surface area contributed by atoms with Gasteiger partial charge < -0.3 is 15.8 Å². The van der Waals surface area contributed by atoms with Crippen LogP contribution in [0, 0.1) is 11.8 Å². The number of carbonyl (C=O) groups excluding carboxylic acids is 1. The van der Waals surface area contributed by atoms with E-state index in [1.54, 1.807) is 41.0 Å². The molecular formula is C33H30N8O3. The summed E-state index contributed by atoms with van der Waals surface area (Å²) in [6.07, 6.45) is 5.63. The highest BCUT2D eigenvalue weighted by Crippen LogP contribution is 2.24. The van der Waals surface area contributed by atoms with Gasteiger partial charge >= 0.3 is 0 Å². The van der Waals surface area contributed by atoms with Crippen molar-refractivity contribution in [2.45, 2.75) is 19.4 Å². The second kappa shape index (κ2) is 11.9. The van der Waals surface area contributed by atoms with Crippen LogP contribution in [0.25, 0.3) is 22.1 Å². The molecule has 4 heterocycles. The number of nitrogens with one attached hydrogen (secondary N) is 1. The molecule has 0 fully saturated rings. The van der Waals surface area contributed by atoms with Crippen molar-refractivity contribution in [2.24, 2.45) is 7.05 Å². The Kier molecular flexibility index (Phi) is 7.66. The van der Waals surface area contributed by atoms with E-state index in [1.807, 2.05) is 68.6 Å². The van der Waals surface area contributed by atoms with E-state index < -0.39 is 11.9 Å². The van der Waals surface area contributed by atoms with Gasteiger partial charge in [0.15, 0.2) is 11.5 Å². The van der Waals surface area contributed by atoms with Gasteiger partial charge in [-0.3, -0.25) is 18.8 Å². The summed E-state index contributed by atoms with van der Waals surface area (Å²) in [7, 11) is 3.53. The lowest BCUT2D eigenvalue weighted by molar-refractivity contribution is 0.0941. The van der Waals surface area contributed by atoms with Gasteiger partial charge in [0.1, 0.15) is 5.56 Å². The lowest BCUT2D eigenvalue weighted by Crippen LogP contribution is -2.32. The molecule has 1 atom stereocenters. The van der Waals surface area contributed by atoms with Crippen LogP contribution in [0.15, 0.2) is 84.0 Å². The third-order valence-electron chi connectivity index (χ3n) is 7.47. The summed E-state index contributed by atoms with van der Waals surface area (Å²) in [4.78, 5) is 32.1. The van der Waals surface area contributed by atoms with Gasteiger partial charge in [-0.1, -0.05) is 42.2 Å². The number of nitrogen functional groups attached to an aromatic ring is 1. The molecule has 0 saturated heterocycles. The van der Waals surface area contributed by atoms with E-state index in [1.165, 1.54) is 4.52 Å². The minimum absolute atomic E-state index is 0.0644. The van der Waals surface area contributed by atoms with Crippen molar-refractivity contribution in [3.63, 3.8) is 0 Å². The number of aryl methyl sites for hydroxylation is 1. The third kappa shape index (κ3) is 5.19. The summed E-state index contributed by atoms with van der Waals surface area (Å²) in [6, 6.07) is 17.9. The Labute approximate surface area is 252 Å². The fraction of sp³-hybridized carbons (Fsp3) is 0.182. The molecule has 0 saturated carbocycles. The number of hydrogen-bond acceptors (Lipinski definition) is 7. The summed E-state index contributed by atoms with van der Waals surface area (Å²) in [6.45, 7) is 2.36. The molecule has 1 amide bonds. The van der Waals surface area contributed by atoms with Gasteiger partial charge in [0.2, 0.25) is 0 Å². The summed E-state index contributed by atoms with van der Waals surface area (Å²) in [5, 5.41) is 12.7. The van der Waals surface area contributed by atoms with Crippen LogP contribution in [0.3, 0.4) is 0 Å². The van der Waals surface area contributed by atoms with Crippen molar-refractivity contribution >= 4 is 28.1 Å². The van der Waals surface area contributed by atoms with E-state index in [9.17, 15) is 9.59 Å². The number of aromatic nitrogens is 6. The first-order chi connectivity index (χ1) is 21.4. The maximum absolute atomic E-state index is 14.3. The lowest BCUT2D eigenvalue weighted by Gasteiger charge is -2.21. The van der Waals surface area contributed by atoms with Gasteiger partial charge in [-0.25, -0.2) is 9.50 Å². The smallest absolute Gasteiger partial charge is 0.264 e. The van der Waals surface area contributed by atoms with Crippen LogP contribution in [-0.4, -0.2) is 48.6 Å². The van der Waals surface area contributed by atoms with Crippen LogP contribution in [0.4, 0.5) is 5.82 Å². The van der Waals surface area contributed by atoms with E-state index in [2.05, 4.69) is 32.3 Å². The minimum atomic E-state index is -0.591. The standard InChI is InChI=1S/C33H30N8O3/c1-21(37-32(42)29-30(34)38-40-17-8-16-35-31(29)40)27-19-23-10-7-9-22(13-14-24-20-36-39(2)26(24)15-18-44-3)28(23)33(43)41(27)25-11-5-4-6-12-25/h4-12,16-17,19-21H,15,18H2,1-3H3,(H2,34,38)(H,37,42). The zero-order valence-corrected chi connectivity index (χ0v) is 24.5. The molecule has 0 aliphatic rings. The van der Waals surface area contributed by atoms with Crippen molar-refractivity contribution in [3.8, 4) is 17.5 Å². The van der Waals surface area contributed by atoms with Crippen molar-refractivity contribution in [3.05, 3.63) is 118 Å². The Morgan fingerprint density at radius 3 is 2.68 bits per heavy atom. The molecule has 0 radical (unpaired) electrons. The quantitative estimate of drug-likeness (QED) is 0.274. The molecule has 0 aliphatic heterocycles. The number of anilines is 1. The molecule has 0 aliphatic carbocycles. The average molecular weight is 587 g/mol. The predicted octanol–water partition coefficient (Wildman–Crippen LogP) is 3.43. The summed E-state index contributed by atoms with van der Waals surface area (Å²) < 4.78 is 10.1. The highest BCUT2D eigenvalue weighted by molar-refractivity contribution is 6.04. The number of methoxy groups -OCH3 is 1. The Morgan fingerprint density at radius 1 is 1.09 bits per heavy atom. The van der Waals surface area contributed by atoms with Gasteiger partial charge in [-0.15, -0.1) is 5.10 Å². The number of amides is 1. The van der Waals surface area contributed by atoms with Gasteiger partial charge in [0, 0.05) is 49.9 Å². The van der Waals surface area contributed by atoms with E-state index in [4.69, 9.17) is 10.5 Å². The van der Waals surface area contributed by atoms with E-state index in [0.717, 1.165) is 11.3 Å². The molecule has 11 heteroatoms. The van der Waals surface area contributed by atoms with Crippen molar-refractivity contribution in [1.82, 2.24) is 34.3 Å². The molecule has 44 heavy (non-hydrogen) atoms. The number of benzene rings is 2. The number of nitrogens with zero attached hydrogens (tertiary/aromatic N) is 6. The van der Waals surface area contributed by atoms with E-state index in [-0.39, 0.29) is 16.9 Å². The molecule has 0 bridgehead atoms. The molecule has 2 aromatic carbocycles. The molecule has 1 unspecified atom stereocenters. The molecule has 6 aromatic rings. The molecule has 6 rings (SSSR count). The predicted molar refractivity (Wildman–Crippen MR) is 168 cm³/mol. The Balaban J connectivity index is 1.45. The normalized spacial score (nSPS) is 11.8.